The van der Waals surface area contributed by atoms with Gasteiger partial charge in [-0.15, -0.1) is 0 Å². The van der Waals surface area contributed by atoms with Crippen molar-refractivity contribution in [3.8, 4) is 0 Å². The van der Waals surface area contributed by atoms with Gasteiger partial charge in [-0.2, -0.15) is 0 Å². The molecule has 0 radical (unpaired) electrons. The fraction of sp³-hybridized carbons (Fsp3) is 0.900. The number of aliphatic hydroxyl groups is 1. The van der Waals surface area contributed by atoms with E-state index in [2.05, 4.69) is 10.6 Å². The standard InChI is InChI=1S/C10H18N2O2/c13-6-1-8-10(7-9(14)12-8)2-4-11-5-3-10/h8,11,13H,1-7H2,(H,12,14). The summed E-state index contributed by atoms with van der Waals surface area (Å²) in [7, 11) is 0. The maximum absolute atomic E-state index is 11.4. The SMILES string of the molecule is O=C1CC2(CCNCC2)C(CCO)N1. The van der Waals surface area contributed by atoms with Gasteiger partial charge >= 0.3 is 0 Å². The number of carbonyl (C=O) groups is 1. The zero-order valence-corrected chi connectivity index (χ0v) is 8.38. The Morgan fingerprint density at radius 3 is 2.79 bits per heavy atom. The lowest BCUT2D eigenvalue weighted by molar-refractivity contribution is -0.119. The first-order valence-electron chi connectivity index (χ1n) is 5.38. The number of aliphatic hydroxyl groups excluding tert-OH is 1. The van der Waals surface area contributed by atoms with E-state index >= 15 is 0 Å². The van der Waals surface area contributed by atoms with Crippen LogP contribution in [0.2, 0.25) is 0 Å². The molecule has 0 bridgehead atoms. The first kappa shape index (κ1) is 9.93. The van der Waals surface area contributed by atoms with Crippen LogP contribution in [0, 0.1) is 5.41 Å². The minimum atomic E-state index is 0.130. The molecule has 14 heavy (non-hydrogen) atoms. The van der Waals surface area contributed by atoms with Crippen molar-refractivity contribution in [3.05, 3.63) is 0 Å². The van der Waals surface area contributed by atoms with Crippen LogP contribution in [0.1, 0.15) is 25.7 Å². The molecule has 1 unspecified atom stereocenters. The second kappa shape index (κ2) is 3.87. The minimum absolute atomic E-state index is 0.130. The molecule has 0 aromatic rings. The van der Waals surface area contributed by atoms with Gasteiger partial charge in [0.05, 0.1) is 0 Å². The predicted octanol–water partition coefficient (Wildman–Crippen LogP) is -0.373. The predicted molar refractivity (Wildman–Crippen MR) is 52.8 cm³/mol. The zero-order valence-electron chi connectivity index (χ0n) is 8.38. The average Bonchev–Trinajstić information content (AvgIpc) is 2.45. The van der Waals surface area contributed by atoms with Crippen LogP contribution in [-0.2, 0) is 4.79 Å². The third kappa shape index (κ3) is 1.64. The van der Waals surface area contributed by atoms with Gasteiger partial charge in [0.1, 0.15) is 0 Å². The Morgan fingerprint density at radius 1 is 1.43 bits per heavy atom. The summed E-state index contributed by atoms with van der Waals surface area (Å²) in [6.07, 6.45) is 3.46. The molecule has 2 aliphatic heterocycles. The molecule has 0 saturated carbocycles. The van der Waals surface area contributed by atoms with Crippen molar-refractivity contribution in [1.29, 1.82) is 0 Å². The van der Waals surface area contributed by atoms with E-state index in [1.807, 2.05) is 0 Å². The number of hydrogen-bond donors (Lipinski definition) is 3. The molecule has 1 atom stereocenters. The lowest BCUT2D eigenvalue weighted by Crippen LogP contribution is -2.45. The quantitative estimate of drug-likeness (QED) is 0.567. The molecule has 0 aliphatic carbocycles. The molecule has 2 aliphatic rings. The van der Waals surface area contributed by atoms with Gasteiger partial charge in [-0.25, -0.2) is 0 Å². The summed E-state index contributed by atoms with van der Waals surface area (Å²) in [5.41, 5.74) is 0.130. The molecule has 2 fully saturated rings. The molecular formula is C10H18N2O2. The molecule has 1 amide bonds. The van der Waals surface area contributed by atoms with Crippen LogP contribution >= 0.6 is 0 Å². The monoisotopic (exact) mass is 198 g/mol. The Morgan fingerprint density at radius 2 is 2.14 bits per heavy atom. The highest BCUT2D eigenvalue weighted by atomic mass is 16.3. The molecular weight excluding hydrogens is 180 g/mol. The normalized spacial score (nSPS) is 30.6. The summed E-state index contributed by atoms with van der Waals surface area (Å²) in [6, 6.07) is 0.196. The summed E-state index contributed by atoms with van der Waals surface area (Å²) >= 11 is 0. The lowest BCUT2D eigenvalue weighted by atomic mass is 9.72. The summed E-state index contributed by atoms with van der Waals surface area (Å²) in [5.74, 6) is 0.158. The Balaban J connectivity index is 2.09. The van der Waals surface area contributed by atoms with Crippen LogP contribution in [0.15, 0.2) is 0 Å². The maximum Gasteiger partial charge on any atom is 0.220 e. The van der Waals surface area contributed by atoms with Crippen molar-refractivity contribution in [3.63, 3.8) is 0 Å². The molecule has 2 rings (SSSR count). The molecule has 3 N–H and O–H groups in total. The van der Waals surface area contributed by atoms with Gasteiger partial charge in [-0.1, -0.05) is 0 Å². The maximum atomic E-state index is 11.4. The van der Waals surface area contributed by atoms with Crippen LogP contribution in [-0.4, -0.2) is 36.8 Å². The van der Waals surface area contributed by atoms with Gasteiger partial charge in [0.25, 0.3) is 0 Å². The van der Waals surface area contributed by atoms with Crippen molar-refractivity contribution < 1.29 is 9.90 Å². The van der Waals surface area contributed by atoms with Gasteiger partial charge in [-0.05, 0) is 32.4 Å². The van der Waals surface area contributed by atoms with Crippen molar-refractivity contribution >= 4 is 5.91 Å². The third-order valence-electron chi connectivity index (χ3n) is 3.60. The number of piperidine rings is 1. The van der Waals surface area contributed by atoms with E-state index in [1.165, 1.54) is 0 Å². The lowest BCUT2D eigenvalue weighted by Gasteiger charge is -2.37. The highest BCUT2D eigenvalue weighted by molar-refractivity contribution is 5.80. The van der Waals surface area contributed by atoms with E-state index in [0.29, 0.717) is 12.8 Å². The smallest absolute Gasteiger partial charge is 0.220 e. The summed E-state index contributed by atoms with van der Waals surface area (Å²) < 4.78 is 0. The topological polar surface area (TPSA) is 61.4 Å². The van der Waals surface area contributed by atoms with Crippen molar-refractivity contribution in [2.24, 2.45) is 5.41 Å². The second-order valence-electron chi connectivity index (χ2n) is 4.42. The van der Waals surface area contributed by atoms with E-state index in [4.69, 9.17) is 5.11 Å². The molecule has 2 heterocycles. The number of amides is 1. The second-order valence-corrected chi connectivity index (χ2v) is 4.42. The molecule has 80 valence electrons. The largest absolute Gasteiger partial charge is 0.396 e. The minimum Gasteiger partial charge on any atom is -0.396 e. The van der Waals surface area contributed by atoms with E-state index in [9.17, 15) is 4.79 Å². The average molecular weight is 198 g/mol. The van der Waals surface area contributed by atoms with Gasteiger partial charge < -0.3 is 15.7 Å². The van der Waals surface area contributed by atoms with Crippen molar-refractivity contribution in [2.45, 2.75) is 31.7 Å². The van der Waals surface area contributed by atoms with Crippen LogP contribution < -0.4 is 10.6 Å². The van der Waals surface area contributed by atoms with Gasteiger partial charge in [-0.3, -0.25) is 4.79 Å². The zero-order chi connectivity index (χ0) is 10.0. The van der Waals surface area contributed by atoms with Gasteiger partial charge in [0.15, 0.2) is 0 Å². The Bertz CT molecular complexity index is 224. The summed E-state index contributed by atoms with van der Waals surface area (Å²) in [4.78, 5) is 11.4. The molecule has 4 nitrogen and oxygen atoms in total. The van der Waals surface area contributed by atoms with Crippen LogP contribution in [0.4, 0.5) is 0 Å². The van der Waals surface area contributed by atoms with E-state index in [0.717, 1.165) is 25.9 Å². The first-order valence-corrected chi connectivity index (χ1v) is 5.38. The highest BCUT2D eigenvalue weighted by Crippen LogP contribution is 2.41. The van der Waals surface area contributed by atoms with E-state index < -0.39 is 0 Å². The van der Waals surface area contributed by atoms with Crippen LogP contribution in [0.3, 0.4) is 0 Å². The van der Waals surface area contributed by atoms with Crippen molar-refractivity contribution in [1.82, 2.24) is 10.6 Å². The van der Waals surface area contributed by atoms with Crippen LogP contribution in [0.5, 0.6) is 0 Å². The number of nitrogens with one attached hydrogen (secondary N) is 2. The number of carbonyl (C=O) groups excluding carboxylic acids is 1. The number of hydrogen-bond acceptors (Lipinski definition) is 3. The summed E-state index contributed by atoms with van der Waals surface area (Å²) in [6.45, 7) is 2.16. The molecule has 1 spiro atoms. The van der Waals surface area contributed by atoms with E-state index in [-0.39, 0.29) is 24.0 Å². The summed E-state index contributed by atoms with van der Waals surface area (Å²) in [5, 5.41) is 15.3. The Labute approximate surface area is 84.1 Å². The fourth-order valence-electron chi connectivity index (χ4n) is 2.80. The molecule has 4 heteroatoms. The fourth-order valence-corrected chi connectivity index (χ4v) is 2.80. The Hall–Kier alpha value is -0.610. The first-order chi connectivity index (χ1) is 6.77. The molecule has 2 saturated heterocycles. The molecule has 0 aromatic carbocycles. The van der Waals surface area contributed by atoms with Gasteiger partial charge in [0.2, 0.25) is 5.91 Å². The number of rotatable bonds is 2. The highest BCUT2D eigenvalue weighted by Gasteiger charge is 2.46. The van der Waals surface area contributed by atoms with Crippen LogP contribution in [0.25, 0.3) is 0 Å². The van der Waals surface area contributed by atoms with Gasteiger partial charge in [0, 0.05) is 24.5 Å². The van der Waals surface area contributed by atoms with E-state index in [1.54, 1.807) is 0 Å². The molecule has 0 aromatic heterocycles. The Kier molecular flexibility index (Phi) is 2.74. The van der Waals surface area contributed by atoms with Crippen molar-refractivity contribution in [2.75, 3.05) is 19.7 Å². The third-order valence-corrected chi connectivity index (χ3v) is 3.60.